The lowest BCUT2D eigenvalue weighted by molar-refractivity contribution is -0.0153. The fourth-order valence-corrected chi connectivity index (χ4v) is 2.41. The number of nitrogens with zero attached hydrogens (tertiary/aromatic N) is 1. The summed E-state index contributed by atoms with van der Waals surface area (Å²) in [4.78, 5) is 4.16. The number of ether oxygens (including phenoxy) is 1. The van der Waals surface area contributed by atoms with Gasteiger partial charge in [-0.2, -0.15) is 0 Å². The van der Waals surface area contributed by atoms with Crippen LogP contribution in [0.4, 0.5) is 5.82 Å². The van der Waals surface area contributed by atoms with Crippen LogP contribution in [0, 0.1) is 5.92 Å². The van der Waals surface area contributed by atoms with Gasteiger partial charge in [-0.1, -0.05) is 25.8 Å². The zero-order valence-electron chi connectivity index (χ0n) is 10.4. The van der Waals surface area contributed by atoms with Crippen molar-refractivity contribution >= 4 is 5.82 Å². The van der Waals surface area contributed by atoms with E-state index in [9.17, 15) is 0 Å². The maximum Gasteiger partial charge on any atom is 0.145 e. The second-order valence-corrected chi connectivity index (χ2v) is 4.77. The predicted molar refractivity (Wildman–Crippen MR) is 68.3 cm³/mol. The first-order valence-corrected chi connectivity index (χ1v) is 6.33. The molecular weight excluding hydrogens is 214 g/mol. The normalized spacial score (nSPS) is 24.6. The second-order valence-electron chi connectivity index (χ2n) is 4.77. The SMILES string of the molecule is CC1CCCCC1OCc1cccnc1NN. The Morgan fingerprint density at radius 1 is 1.47 bits per heavy atom. The third-order valence-electron chi connectivity index (χ3n) is 3.51. The fraction of sp³-hybridized carbons (Fsp3) is 0.615. The molecule has 2 rings (SSSR count). The molecule has 0 spiro atoms. The smallest absolute Gasteiger partial charge is 0.145 e. The van der Waals surface area contributed by atoms with Gasteiger partial charge in [0.2, 0.25) is 0 Å². The van der Waals surface area contributed by atoms with Gasteiger partial charge < -0.3 is 10.2 Å². The first kappa shape index (κ1) is 12.3. The highest BCUT2D eigenvalue weighted by Crippen LogP contribution is 2.27. The van der Waals surface area contributed by atoms with Crippen LogP contribution < -0.4 is 11.3 Å². The van der Waals surface area contributed by atoms with E-state index in [1.165, 1.54) is 25.7 Å². The van der Waals surface area contributed by atoms with E-state index in [1.54, 1.807) is 6.20 Å². The number of nitrogens with one attached hydrogen (secondary N) is 1. The van der Waals surface area contributed by atoms with Crippen molar-refractivity contribution in [3.8, 4) is 0 Å². The standard InChI is InChI=1S/C13H21N3O/c1-10-5-2-3-7-12(10)17-9-11-6-4-8-15-13(11)16-14/h4,6,8,10,12H,2-3,5,7,9,14H2,1H3,(H,15,16). The summed E-state index contributed by atoms with van der Waals surface area (Å²) in [6, 6.07) is 3.90. The number of nitrogen functional groups attached to an aromatic ring is 1. The third kappa shape index (κ3) is 3.17. The van der Waals surface area contributed by atoms with Gasteiger partial charge in [-0.25, -0.2) is 10.8 Å². The predicted octanol–water partition coefficient (Wildman–Crippen LogP) is 2.46. The zero-order valence-corrected chi connectivity index (χ0v) is 10.4. The van der Waals surface area contributed by atoms with Gasteiger partial charge in [0.25, 0.3) is 0 Å². The average Bonchev–Trinajstić information content (AvgIpc) is 2.38. The van der Waals surface area contributed by atoms with Gasteiger partial charge in [0.05, 0.1) is 12.7 Å². The van der Waals surface area contributed by atoms with Crippen LogP contribution in [-0.4, -0.2) is 11.1 Å². The quantitative estimate of drug-likeness (QED) is 0.621. The minimum absolute atomic E-state index is 0.384. The molecule has 1 aliphatic rings. The van der Waals surface area contributed by atoms with Gasteiger partial charge in [-0.15, -0.1) is 0 Å². The van der Waals surface area contributed by atoms with Gasteiger partial charge in [0, 0.05) is 11.8 Å². The molecule has 0 aliphatic heterocycles. The lowest BCUT2D eigenvalue weighted by Crippen LogP contribution is -2.25. The molecule has 0 amide bonds. The molecule has 0 aromatic carbocycles. The highest BCUT2D eigenvalue weighted by molar-refractivity contribution is 5.41. The highest BCUT2D eigenvalue weighted by Gasteiger charge is 2.21. The first-order valence-electron chi connectivity index (χ1n) is 6.33. The molecule has 17 heavy (non-hydrogen) atoms. The lowest BCUT2D eigenvalue weighted by atomic mass is 9.88. The van der Waals surface area contributed by atoms with Crippen molar-refractivity contribution in [2.24, 2.45) is 11.8 Å². The van der Waals surface area contributed by atoms with Crippen LogP contribution >= 0.6 is 0 Å². The Hall–Kier alpha value is -1.13. The van der Waals surface area contributed by atoms with E-state index < -0.39 is 0 Å². The summed E-state index contributed by atoms with van der Waals surface area (Å²) in [6.45, 7) is 2.86. The minimum Gasteiger partial charge on any atom is -0.373 e. The molecule has 4 heteroatoms. The summed E-state index contributed by atoms with van der Waals surface area (Å²) in [6.07, 6.45) is 7.18. The number of hydrazine groups is 1. The lowest BCUT2D eigenvalue weighted by Gasteiger charge is -2.28. The number of anilines is 1. The maximum atomic E-state index is 5.99. The number of pyridine rings is 1. The van der Waals surface area contributed by atoms with Crippen LogP contribution in [0.1, 0.15) is 38.2 Å². The first-order chi connectivity index (χ1) is 8.31. The van der Waals surface area contributed by atoms with Crippen molar-refractivity contribution in [2.75, 3.05) is 5.43 Å². The Morgan fingerprint density at radius 2 is 2.29 bits per heavy atom. The van der Waals surface area contributed by atoms with Crippen molar-refractivity contribution in [2.45, 2.75) is 45.3 Å². The Morgan fingerprint density at radius 3 is 3.06 bits per heavy atom. The van der Waals surface area contributed by atoms with E-state index in [0.29, 0.717) is 24.4 Å². The summed E-state index contributed by atoms with van der Waals surface area (Å²) >= 11 is 0. The molecule has 0 radical (unpaired) electrons. The van der Waals surface area contributed by atoms with Gasteiger partial charge in [0.1, 0.15) is 5.82 Å². The van der Waals surface area contributed by atoms with Crippen molar-refractivity contribution < 1.29 is 4.74 Å². The van der Waals surface area contributed by atoms with Gasteiger partial charge in [0.15, 0.2) is 0 Å². The van der Waals surface area contributed by atoms with Gasteiger partial charge in [-0.3, -0.25) is 0 Å². The van der Waals surface area contributed by atoms with E-state index in [4.69, 9.17) is 10.6 Å². The topological polar surface area (TPSA) is 60.2 Å². The Labute approximate surface area is 103 Å². The average molecular weight is 235 g/mol. The van der Waals surface area contributed by atoms with Crippen LogP contribution in [0.2, 0.25) is 0 Å². The molecule has 4 nitrogen and oxygen atoms in total. The molecule has 1 aromatic heterocycles. The van der Waals surface area contributed by atoms with Crippen LogP contribution in [0.5, 0.6) is 0 Å². The van der Waals surface area contributed by atoms with Gasteiger partial charge >= 0.3 is 0 Å². The van der Waals surface area contributed by atoms with Crippen molar-refractivity contribution in [3.05, 3.63) is 23.9 Å². The molecule has 1 fully saturated rings. The number of nitrogens with two attached hydrogens (primary N) is 1. The summed E-state index contributed by atoms with van der Waals surface area (Å²) in [7, 11) is 0. The summed E-state index contributed by atoms with van der Waals surface area (Å²) in [5, 5.41) is 0. The van der Waals surface area contributed by atoms with Crippen LogP contribution in [0.15, 0.2) is 18.3 Å². The van der Waals surface area contributed by atoms with Gasteiger partial charge in [-0.05, 0) is 24.8 Å². The number of aromatic nitrogens is 1. The van der Waals surface area contributed by atoms with Crippen LogP contribution in [0.3, 0.4) is 0 Å². The molecule has 0 bridgehead atoms. The van der Waals surface area contributed by atoms with E-state index in [0.717, 1.165) is 5.56 Å². The van der Waals surface area contributed by atoms with Crippen LogP contribution in [0.25, 0.3) is 0 Å². The Kier molecular flexibility index (Phi) is 4.34. The minimum atomic E-state index is 0.384. The van der Waals surface area contributed by atoms with E-state index in [2.05, 4.69) is 17.3 Å². The fourth-order valence-electron chi connectivity index (χ4n) is 2.41. The number of hydrogen-bond donors (Lipinski definition) is 2. The molecule has 2 unspecified atom stereocenters. The number of rotatable bonds is 4. The maximum absolute atomic E-state index is 5.99. The van der Waals surface area contributed by atoms with Crippen molar-refractivity contribution in [1.29, 1.82) is 0 Å². The monoisotopic (exact) mass is 235 g/mol. The molecule has 1 saturated carbocycles. The summed E-state index contributed by atoms with van der Waals surface area (Å²) in [5.74, 6) is 6.78. The summed E-state index contributed by atoms with van der Waals surface area (Å²) < 4.78 is 5.99. The zero-order chi connectivity index (χ0) is 12.1. The van der Waals surface area contributed by atoms with E-state index in [1.807, 2.05) is 12.1 Å². The Balaban J connectivity index is 1.92. The molecular formula is C13H21N3O. The number of hydrogen-bond acceptors (Lipinski definition) is 4. The van der Waals surface area contributed by atoms with E-state index in [-0.39, 0.29) is 0 Å². The molecule has 0 saturated heterocycles. The molecule has 3 N–H and O–H groups in total. The largest absolute Gasteiger partial charge is 0.373 e. The van der Waals surface area contributed by atoms with Crippen molar-refractivity contribution in [3.63, 3.8) is 0 Å². The second kappa shape index (κ2) is 5.98. The molecule has 94 valence electrons. The van der Waals surface area contributed by atoms with E-state index >= 15 is 0 Å². The Bertz CT molecular complexity index is 356. The highest BCUT2D eigenvalue weighted by atomic mass is 16.5. The molecule has 1 aromatic rings. The van der Waals surface area contributed by atoms with Crippen LogP contribution in [-0.2, 0) is 11.3 Å². The molecule has 2 atom stereocenters. The molecule has 1 aliphatic carbocycles. The molecule has 1 heterocycles. The van der Waals surface area contributed by atoms with Crippen molar-refractivity contribution in [1.82, 2.24) is 4.98 Å². The third-order valence-corrected chi connectivity index (χ3v) is 3.51. The summed E-state index contributed by atoms with van der Waals surface area (Å²) in [5.41, 5.74) is 3.62.